The Labute approximate surface area is 151 Å². The van der Waals surface area contributed by atoms with Crippen molar-refractivity contribution in [1.29, 1.82) is 0 Å². The van der Waals surface area contributed by atoms with Gasteiger partial charge in [-0.1, -0.05) is 41.6 Å². The number of nitrogens with zero attached hydrogens (tertiary/aromatic N) is 3. The second-order valence-electron chi connectivity index (χ2n) is 7.44. The first-order chi connectivity index (χ1) is 12.8. The molecule has 0 spiro atoms. The van der Waals surface area contributed by atoms with E-state index in [2.05, 4.69) is 16.1 Å². The molecule has 1 fully saturated rings. The maximum Gasteiger partial charge on any atom is 0.250 e. The van der Waals surface area contributed by atoms with Gasteiger partial charge in [0.25, 0.3) is 5.56 Å². The van der Waals surface area contributed by atoms with Gasteiger partial charge in [0.05, 0.1) is 6.54 Å². The molecule has 2 aliphatic rings. The third-order valence-electron chi connectivity index (χ3n) is 5.56. The number of piperidine rings is 1. The Morgan fingerprint density at radius 2 is 1.92 bits per heavy atom. The third kappa shape index (κ3) is 2.78. The van der Waals surface area contributed by atoms with Gasteiger partial charge in [0.2, 0.25) is 0 Å². The van der Waals surface area contributed by atoms with Crippen molar-refractivity contribution in [3.8, 4) is 11.3 Å². The molecule has 5 heteroatoms. The molecular formula is C21H21N3O2. The summed E-state index contributed by atoms with van der Waals surface area (Å²) >= 11 is 0. The Morgan fingerprint density at radius 3 is 2.81 bits per heavy atom. The third-order valence-corrected chi connectivity index (χ3v) is 5.56. The van der Waals surface area contributed by atoms with Crippen LogP contribution in [-0.2, 0) is 13.1 Å². The minimum atomic E-state index is 0.133. The van der Waals surface area contributed by atoms with Gasteiger partial charge in [-0.25, -0.2) is 0 Å². The summed E-state index contributed by atoms with van der Waals surface area (Å²) < 4.78 is 7.56. The summed E-state index contributed by atoms with van der Waals surface area (Å²) in [7, 11) is 0. The van der Waals surface area contributed by atoms with E-state index in [1.165, 1.54) is 12.1 Å². The zero-order chi connectivity index (χ0) is 17.5. The van der Waals surface area contributed by atoms with Gasteiger partial charge in [-0.15, -0.1) is 0 Å². The minimum absolute atomic E-state index is 0.133. The molecule has 2 aliphatic heterocycles. The van der Waals surface area contributed by atoms with Gasteiger partial charge in [0.15, 0.2) is 5.76 Å². The van der Waals surface area contributed by atoms with Crippen molar-refractivity contribution in [2.24, 2.45) is 5.92 Å². The Morgan fingerprint density at radius 1 is 1.04 bits per heavy atom. The molecule has 0 aliphatic carbocycles. The highest BCUT2D eigenvalue weighted by molar-refractivity contribution is 5.58. The van der Waals surface area contributed by atoms with Crippen LogP contribution in [0.4, 0.5) is 0 Å². The van der Waals surface area contributed by atoms with Crippen molar-refractivity contribution in [3.63, 3.8) is 0 Å². The van der Waals surface area contributed by atoms with Crippen LogP contribution < -0.4 is 5.56 Å². The fraction of sp³-hybridized carbons (Fsp3) is 0.333. The molecule has 132 valence electrons. The number of likely N-dealkylation sites (tertiary alicyclic amines) is 1. The standard InChI is InChI=1S/C21H21N3O2/c25-21-8-4-7-20-17-9-15(12-24(20)21)11-23(13-17)14-18-10-19(22-26-18)16-5-2-1-3-6-16/h1-8,10,15,17H,9,11-14H2/t15-,17+/m0/s1. The van der Waals surface area contributed by atoms with Gasteiger partial charge in [-0.2, -0.15) is 0 Å². The van der Waals surface area contributed by atoms with E-state index in [0.29, 0.717) is 11.8 Å². The molecule has 5 nitrogen and oxygen atoms in total. The smallest absolute Gasteiger partial charge is 0.250 e. The van der Waals surface area contributed by atoms with E-state index in [4.69, 9.17) is 4.52 Å². The van der Waals surface area contributed by atoms with E-state index in [-0.39, 0.29) is 5.56 Å². The maximum absolute atomic E-state index is 12.1. The monoisotopic (exact) mass is 347 g/mol. The first-order valence-electron chi connectivity index (χ1n) is 9.19. The van der Waals surface area contributed by atoms with E-state index in [9.17, 15) is 4.79 Å². The number of hydrogen-bond acceptors (Lipinski definition) is 4. The van der Waals surface area contributed by atoms with Crippen LogP contribution in [0.3, 0.4) is 0 Å². The zero-order valence-electron chi connectivity index (χ0n) is 14.5. The van der Waals surface area contributed by atoms with Gasteiger partial charge in [-0.05, 0) is 18.4 Å². The molecular weight excluding hydrogens is 326 g/mol. The van der Waals surface area contributed by atoms with Gasteiger partial charge in [0, 0.05) is 48.9 Å². The summed E-state index contributed by atoms with van der Waals surface area (Å²) in [5, 5.41) is 4.22. The molecule has 1 aromatic carbocycles. The minimum Gasteiger partial charge on any atom is -0.359 e. The largest absolute Gasteiger partial charge is 0.359 e. The van der Waals surface area contributed by atoms with Gasteiger partial charge in [0.1, 0.15) is 5.69 Å². The van der Waals surface area contributed by atoms with Crippen LogP contribution in [0.15, 0.2) is 63.9 Å². The molecule has 4 heterocycles. The van der Waals surface area contributed by atoms with Crippen LogP contribution in [0.2, 0.25) is 0 Å². The summed E-state index contributed by atoms with van der Waals surface area (Å²) in [4.78, 5) is 14.6. The Kier molecular flexibility index (Phi) is 3.75. The molecule has 0 amide bonds. The van der Waals surface area contributed by atoms with E-state index in [1.807, 2.05) is 47.0 Å². The number of benzene rings is 1. The van der Waals surface area contributed by atoms with Crippen LogP contribution in [0, 0.1) is 5.92 Å². The number of pyridine rings is 1. The van der Waals surface area contributed by atoms with Crippen molar-refractivity contribution in [3.05, 3.63) is 76.4 Å². The van der Waals surface area contributed by atoms with Crippen LogP contribution >= 0.6 is 0 Å². The number of rotatable bonds is 3. The number of fused-ring (bicyclic) bond motifs is 4. The Hall–Kier alpha value is -2.66. The summed E-state index contributed by atoms with van der Waals surface area (Å²) in [6.07, 6.45) is 1.17. The highest BCUT2D eigenvalue weighted by atomic mass is 16.5. The van der Waals surface area contributed by atoms with Crippen molar-refractivity contribution in [2.45, 2.75) is 25.4 Å². The van der Waals surface area contributed by atoms with Gasteiger partial charge in [-0.3, -0.25) is 9.69 Å². The summed E-state index contributed by atoms with van der Waals surface area (Å²) in [5.41, 5.74) is 3.27. The highest BCUT2D eigenvalue weighted by Gasteiger charge is 2.34. The fourth-order valence-corrected chi connectivity index (χ4v) is 4.48. The van der Waals surface area contributed by atoms with Crippen LogP contribution in [0.5, 0.6) is 0 Å². The predicted octanol–water partition coefficient (Wildman–Crippen LogP) is 3.12. The lowest BCUT2D eigenvalue weighted by atomic mass is 9.83. The first-order valence-corrected chi connectivity index (χ1v) is 9.19. The maximum atomic E-state index is 12.1. The highest BCUT2D eigenvalue weighted by Crippen LogP contribution is 2.35. The van der Waals surface area contributed by atoms with Gasteiger partial charge < -0.3 is 9.09 Å². The number of aromatic nitrogens is 2. The molecule has 0 N–H and O–H groups in total. The predicted molar refractivity (Wildman–Crippen MR) is 98.8 cm³/mol. The number of hydrogen-bond donors (Lipinski definition) is 0. The van der Waals surface area contributed by atoms with E-state index < -0.39 is 0 Å². The molecule has 2 atom stereocenters. The molecule has 2 aromatic heterocycles. The summed E-state index contributed by atoms with van der Waals surface area (Å²) in [6, 6.07) is 17.8. The van der Waals surface area contributed by atoms with Gasteiger partial charge >= 0.3 is 0 Å². The van der Waals surface area contributed by atoms with Crippen molar-refractivity contribution in [1.82, 2.24) is 14.6 Å². The SMILES string of the molecule is O=c1cccc2n1C[C@H]1C[C@@H]2CN(Cc2cc(-c3ccccc3)no2)C1. The molecule has 0 saturated carbocycles. The second-order valence-corrected chi connectivity index (χ2v) is 7.44. The summed E-state index contributed by atoms with van der Waals surface area (Å²) in [5.74, 6) is 1.85. The van der Waals surface area contributed by atoms with Crippen LogP contribution in [0.25, 0.3) is 11.3 Å². The quantitative estimate of drug-likeness (QED) is 0.730. The van der Waals surface area contributed by atoms with Crippen LogP contribution in [-0.4, -0.2) is 27.7 Å². The molecule has 26 heavy (non-hydrogen) atoms. The normalized spacial score (nSPS) is 22.2. The fourth-order valence-electron chi connectivity index (χ4n) is 4.48. The van der Waals surface area contributed by atoms with Crippen molar-refractivity contribution in [2.75, 3.05) is 13.1 Å². The zero-order valence-corrected chi connectivity index (χ0v) is 14.5. The lowest BCUT2D eigenvalue weighted by molar-refractivity contribution is 0.105. The lowest BCUT2D eigenvalue weighted by Crippen LogP contribution is -2.46. The van der Waals surface area contributed by atoms with E-state index >= 15 is 0 Å². The van der Waals surface area contributed by atoms with Crippen LogP contribution in [0.1, 0.15) is 23.8 Å². The topological polar surface area (TPSA) is 51.3 Å². The molecule has 0 radical (unpaired) electrons. The molecule has 0 unspecified atom stereocenters. The molecule has 5 rings (SSSR count). The Balaban J connectivity index is 1.34. The average molecular weight is 347 g/mol. The second kappa shape index (κ2) is 6.25. The average Bonchev–Trinajstić information content (AvgIpc) is 3.12. The molecule has 2 bridgehead atoms. The lowest BCUT2D eigenvalue weighted by Gasteiger charge is -2.42. The van der Waals surface area contributed by atoms with Crippen molar-refractivity contribution < 1.29 is 4.52 Å². The van der Waals surface area contributed by atoms with Crippen molar-refractivity contribution >= 4 is 0 Å². The van der Waals surface area contributed by atoms with E-state index in [0.717, 1.165) is 43.2 Å². The van der Waals surface area contributed by atoms with E-state index in [1.54, 1.807) is 6.07 Å². The molecule has 1 saturated heterocycles. The Bertz CT molecular complexity index is 976. The summed E-state index contributed by atoms with van der Waals surface area (Å²) in [6.45, 7) is 3.55. The first kappa shape index (κ1) is 15.6. The molecule has 3 aromatic rings.